The molecule has 1 aromatic carbocycles. The number of nitrogens with two attached hydrogens (primary N) is 1. The van der Waals surface area contributed by atoms with Crippen LogP contribution in [0.2, 0.25) is 0 Å². The molecule has 2 heteroatoms. The first kappa shape index (κ1) is 12.5. The van der Waals surface area contributed by atoms with Gasteiger partial charge in [0.05, 0.1) is 0 Å². The first-order chi connectivity index (χ1) is 8.58. The number of nitrogen functional groups attached to an aromatic ring is 1. The molecule has 0 fully saturated rings. The molecule has 0 saturated heterocycles. The number of hydrogen-bond acceptors (Lipinski definition) is 1. The SMILES string of the molecule is C=Cc1c(-c2ccc(N)cc2C)cc(C)n1CC. The maximum atomic E-state index is 5.81. The minimum atomic E-state index is 0.808. The lowest BCUT2D eigenvalue weighted by Crippen LogP contribution is -1.99. The Labute approximate surface area is 109 Å². The van der Waals surface area contributed by atoms with Crippen molar-refractivity contribution in [1.82, 2.24) is 4.57 Å². The maximum absolute atomic E-state index is 5.81. The highest BCUT2D eigenvalue weighted by Gasteiger charge is 2.12. The Morgan fingerprint density at radius 3 is 2.50 bits per heavy atom. The molecule has 0 unspecified atom stereocenters. The molecular weight excluding hydrogens is 220 g/mol. The summed E-state index contributed by atoms with van der Waals surface area (Å²) in [5.74, 6) is 0. The lowest BCUT2D eigenvalue weighted by atomic mass is 10.00. The molecule has 0 spiro atoms. The van der Waals surface area contributed by atoms with E-state index in [0.717, 1.165) is 12.2 Å². The van der Waals surface area contributed by atoms with Crippen LogP contribution in [0.5, 0.6) is 0 Å². The summed E-state index contributed by atoms with van der Waals surface area (Å²) in [6, 6.07) is 8.28. The molecule has 1 heterocycles. The molecule has 0 atom stereocenters. The molecule has 0 aliphatic carbocycles. The Bertz CT molecular complexity index is 591. The third kappa shape index (κ3) is 1.94. The number of aryl methyl sites for hydroxylation is 2. The molecule has 18 heavy (non-hydrogen) atoms. The van der Waals surface area contributed by atoms with E-state index in [0.29, 0.717) is 0 Å². The second-order valence-corrected chi connectivity index (χ2v) is 4.61. The van der Waals surface area contributed by atoms with Crippen LogP contribution in [0.4, 0.5) is 5.69 Å². The minimum absolute atomic E-state index is 0.808. The van der Waals surface area contributed by atoms with Crippen molar-refractivity contribution in [2.45, 2.75) is 27.3 Å². The van der Waals surface area contributed by atoms with Crippen LogP contribution in [0.1, 0.15) is 23.9 Å². The van der Waals surface area contributed by atoms with E-state index in [4.69, 9.17) is 5.73 Å². The Hall–Kier alpha value is -1.96. The van der Waals surface area contributed by atoms with Gasteiger partial charge in [0, 0.05) is 29.2 Å². The quantitative estimate of drug-likeness (QED) is 0.807. The van der Waals surface area contributed by atoms with Gasteiger partial charge in [0.25, 0.3) is 0 Å². The highest BCUT2D eigenvalue weighted by molar-refractivity contribution is 5.77. The molecule has 0 saturated carbocycles. The number of rotatable bonds is 3. The molecule has 2 N–H and O–H groups in total. The van der Waals surface area contributed by atoms with Crippen LogP contribution in [-0.2, 0) is 6.54 Å². The van der Waals surface area contributed by atoms with Crippen LogP contribution < -0.4 is 5.73 Å². The summed E-state index contributed by atoms with van der Waals surface area (Å²) in [5, 5.41) is 0. The summed E-state index contributed by atoms with van der Waals surface area (Å²) in [6.07, 6.45) is 1.93. The van der Waals surface area contributed by atoms with E-state index in [9.17, 15) is 0 Å². The first-order valence-electron chi connectivity index (χ1n) is 6.27. The van der Waals surface area contributed by atoms with Gasteiger partial charge in [-0.3, -0.25) is 0 Å². The zero-order valence-electron chi connectivity index (χ0n) is 11.3. The number of hydrogen-bond donors (Lipinski definition) is 1. The van der Waals surface area contributed by atoms with Crippen molar-refractivity contribution >= 4 is 11.8 Å². The van der Waals surface area contributed by atoms with Crippen LogP contribution in [-0.4, -0.2) is 4.57 Å². The van der Waals surface area contributed by atoms with Crippen LogP contribution in [0.3, 0.4) is 0 Å². The van der Waals surface area contributed by atoms with Crippen molar-refractivity contribution in [2.75, 3.05) is 5.73 Å². The van der Waals surface area contributed by atoms with Gasteiger partial charge in [0.15, 0.2) is 0 Å². The molecule has 0 radical (unpaired) electrons. The first-order valence-corrected chi connectivity index (χ1v) is 6.27. The molecule has 2 nitrogen and oxygen atoms in total. The highest BCUT2D eigenvalue weighted by Crippen LogP contribution is 2.31. The van der Waals surface area contributed by atoms with Crippen molar-refractivity contribution < 1.29 is 0 Å². The predicted molar refractivity (Wildman–Crippen MR) is 79.5 cm³/mol. The van der Waals surface area contributed by atoms with E-state index in [2.05, 4.69) is 44.0 Å². The maximum Gasteiger partial charge on any atom is 0.0482 e. The fourth-order valence-electron chi connectivity index (χ4n) is 2.54. The van der Waals surface area contributed by atoms with Crippen molar-refractivity contribution in [3.05, 3.63) is 47.8 Å². The molecule has 0 bridgehead atoms. The van der Waals surface area contributed by atoms with Crippen LogP contribution in [0, 0.1) is 13.8 Å². The second kappa shape index (κ2) is 4.73. The average molecular weight is 240 g/mol. The Morgan fingerprint density at radius 2 is 1.94 bits per heavy atom. The van der Waals surface area contributed by atoms with Gasteiger partial charge in [0.2, 0.25) is 0 Å². The Morgan fingerprint density at radius 1 is 1.22 bits per heavy atom. The predicted octanol–water partition coefficient (Wildman–Crippen LogP) is 4.02. The number of benzene rings is 1. The summed E-state index contributed by atoms with van der Waals surface area (Å²) in [6.45, 7) is 11.3. The molecular formula is C16H20N2. The third-order valence-corrected chi connectivity index (χ3v) is 3.40. The van der Waals surface area contributed by atoms with E-state index in [1.165, 1.54) is 28.1 Å². The molecule has 0 aliphatic rings. The molecule has 2 aromatic rings. The van der Waals surface area contributed by atoms with Gasteiger partial charge in [-0.2, -0.15) is 0 Å². The van der Waals surface area contributed by atoms with E-state index in [1.54, 1.807) is 0 Å². The summed E-state index contributed by atoms with van der Waals surface area (Å²) in [4.78, 5) is 0. The normalized spacial score (nSPS) is 10.6. The van der Waals surface area contributed by atoms with Crippen molar-refractivity contribution in [3.63, 3.8) is 0 Å². The molecule has 94 valence electrons. The lowest BCUT2D eigenvalue weighted by Gasteiger charge is -2.09. The molecule has 0 aliphatic heterocycles. The number of nitrogens with zero attached hydrogens (tertiary/aromatic N) is 1. The summed E-state index contributed by atoms with van der Waals surface area (Å²) < 4.78 is 2.28. The number of aromatic nitrogens is 1. The van der Waals surface area contributed by atoms with Crippen molar-refractivity contribution in [3.8, 4) is 11.1 Å². The zero-order valence-corrected chi connectivity index (χ0v) is 11.3. The summed E-state index contributed by atoms with van der Waals surface area (Å²) in [5.41, 5.74) is 12.7. The van der Waals surface area contributed by atoms with Gasteiger partial charge in [-0.25, -0.2) is 0 Å². The molecule has 2 rings (SSSR count). The van der Waals surface area contributed by atoms with Crippen LogP contribution in [0.15, 0.2) is 30.8 Å². The van der Waals surface area contributed by atoms with Gasteiger partial charge in [-0.15, -0.1) is 0 Å². The largest absolute Gasteiger partial charge is 0.399 e. The fourth-order valence-corrected chi connectivity index (χ4v) is 2.54. The summed E-state index contributed by atoms with van der Waals surface area (Å²) in [7, 11) is 0. The van der Waals surface area contributed by atoms with E-state index in [-0.39, 0.29) is 0 Å². The zero-order chi connectivity index (χ0) is 13.3. The van der Waals surface area contributed by atoms with E-state index in [1.807, 2.05) is 18.2 Å². The standard InChI is InChI=1S/C16H20N2/c1-5-16-15(10-12(4)18(16)6-2)14-8-7-13(17)9-11(14)3/h5,7-10H,1,6,17H2,2-4H3. The third-order valence-electron chi connectivity index (χ3n) is 3.40. The highest BCUT2D eigenvalue weighted by atomic mass is 15.0. The topological polar surface area (TPSA) is 30.9 Å². The van der Waals surface area contributed by atoms with Crippen molar-refractivity contribution in [2.24, 2.45) is 0 Å². The average Bonchev–Trinajstić information content (AvgIpc) is 2.65. The monoisotopic (exact) mass is 240 g/mol. The summed E-state index contributed by atoms with van der Waals surface area (Å²) >= 11 is 0. The number of anilines is 1. The van der Waals surface area contributed by atoms with Crippen molar-refractivity contribution in [1.29, 1.82) is 0 Å². The van der Waals surface area contributed by atoms with E-state index < -0.39 is 0 Å². The van der Waals surface area contributed by atoms with Gasteiger partial charge >= 0.3 is 0 Å². The molecule has 1 aromatic heterocycles. The smallest absolute Gasteiger partial charge is 0.0482 e. The Kier molecular flexibility index (Phi) is 3.28. The second-order valence-electron chi connectivity index (χ2n) is 4.61. The Balaban J connectivity index is 2.67. The van der Waals surface area contributed by atoms with E-state index >= 15 is 0 Å². The van der Waals surface area contributed by atoms with Gasteiger partial charge < -0.3 is 10.3 Å². The lowest BCUT2D eigenvalue weighted by molar-refractivity contribution is 0.736. The minimum Gasteiger partial charge on any atom is -0.399 e. The fraction of sp³-hybridized carbons (Fsp3) is 0.250. The van der Waals surface area contributed by atoms with Gasteiger partial charge in [0.1, 0.15) is 0 Å². The van der Waals surface area contributed by atoms with Crippen LogP contribution >= 0.6 is 0 Å². The molecule has 0 amide bonds. The van der Waals surface area contributed by atoms with Gasteiger partial charge in [-0.05, 0) is 56.2 Å². The van der Waals surface area contributed by atoms with Crippen LogP contribution in [0.25, 0.3) is 17.2 Å². The van der Waals surface area contributed by atoms with Gasteiger partial charge in [-0.1, -0.05) is 12.6 Å².